The van der Waals surface area contributed by atoms with Gasteiger partial charge in [0.25, 0.3) is 0 Å². The second-order valence-corrected chi connectivity index (χ2v) is 3.05. The Hall–Kier alpha value is -0.0800. The highest BCUT2D eigenvalue weighted by molar-refractivity contribution is 4.71. The summed E-state index contributed by atoms with van der Waals surface area (Å²) in [4.78, 5) is 0. The summed E-state index contributed by atoms with van der Waals surface area (Å²) in [6, 6.07) is 0. The molecule has 1 heterocycles. The summed E-state index contributed by atoms with van der Waals surface area (Å²) in [7, 11) is 0. The van der Waals surface area contributed by atoms with Gasteiger partial charge < -0.3 is 10.1 Å². The molecule has 0 aromatic heterocycles. The molecule has 1 rings (SSSR count). The molecule has 2 nitrogen and oxygen atoms in total. The first-order valence-corrected chi connectivity index (χ1v) is 4.15. The molecule has 0 aromatic rings. The van der Waals surface area contributed by atoms with Gasteiger partial charge in [-0.1, -0.05) is 6.92 Å². The third-order valence-corrected chi connectivity index (χ3v) is 1.96. The predicted molar refractivity (Wildman–Crippen MR) is 42.1 cm³/mol. The average molecular weight is 143 g/mol. The normalized spacial score (nSPS) is 33.0. The first-order chi connectivity index (χ1) is 4.83. The SMILES string of the molecule is CCNCC1COC(C)C1. The fourth-order valence-corrected chi connectivity index (χ4v) is 1.40. The second-order valence-electron chi connectivity index (χ2n) is 3.05. The Kier molecular flexibility index (Phi) is 3.16. The number of ether oxygens (including phenoxy) is 1. The first-order valence-electron chi connectivity index (χ1n) is 4.15. The minimum atomic E-state index is 0.489. The molecule has 0 aromatic carbocycles. The Labute approximate surface area is 63.0 Å². The van der Waals surface area contributed by atoms with E-state index in [4.69, 9.17) is 4.74 Å². The van der Waals surface area contributed by atoms with Crippen LogP contribution in [0.25, 0.3) is 0 Å². The fourth-order valence-electron chi connectivity index (χ4n) is 1.40. The molecular weight excluding hydrogens is 126 g/mol. The zero-order valence-corrected chi connectivity index (χ0v) is 6.89. The van der Waals surface area contributed by atoms with Gasteiger partial charge in [0.1, 0.15) is 0 Å². The molecule has 1 aliphatic rings. The molecule has 2 heteroatoms. The Balaban J connectivity index is 2.06. The van der Waals surface area contributed by atoms with E-state index in [0.717, 1.165) is 25.6 Å². The number of hydrogen-bond acceptors (Lipinski definition) is 2. The zero-order chi connectivity index (χ0) is 7.40. The van der Waals surface area contributed by atoms with Crippen molar-refractivity contribution in [2.75, 3.05) is 19.7 Å². The molecule has 1 aliphatic heterocycles. The van der Waals surface area contributed by atoms with Crippen molar-refractivity contribution in [2.24, 2.45) is 5.92 Å². The monoisotopic (exact) mass is 143 g/mol. The highest BCUT2D eigenvalue weighted by atomic mass is 16.5. The molecule has 60 valence electrons. The van der Waals surface area contributed by atoms with Gasteiger partial charge in [0.2, 0.25) is 0 Å². The molecule has 1 N–H and O–H groups in total. The van der Waals surface area contributed by atoms with Crippen LogP contribution in [0.1, 0.15) is 20.3 Å². The van der Waals surface area contributed by atoms with Crippen LogP contribution >= 0.6 is 0 Å². The fraction of sp³-hybridized carbons (Fsp3) is 1.00. The molecule has 0 amide bonds. The highest BCUT2D eigenvalue weighted by Crippen LogP contribution is 2.17. The minimum Gasteiger partial charge on any atom is -0.378 e. The van der Waals surface area contributed by atoms with Crippen molar-refractivity contribution in [1.82, 2.24) is 5.32 Å². The van der Waals surface area contributed by atoms with E-state index in [0.29, 0.717) is 6.10 Å². The summed E-state index contributed by atoms with van der Waals surface area (Å²) in [6.45, 7) is 7.44. The van der Waals surface area contributed by atoms with Gasteiger partial charge in [-0.05, 0) is 25.8 Å². The predicted octanol–water partition coefficient (Wildman–Crippen LogP) is 1.02. The third-order valence-electron chi connectivity index (χ3n) is 1.96. The van der Waals surface area contributed by atoms with Crippen molar-refractivity contribution in [2.45, 2.75) is 26.4 Å². The summed E-state index contributed by atoms with van der Waals surface area (Å²) in [6.07, 6.45) is 1.72. The maximum Gasteiger partial charge on any atom is 0.0551 e. The van der Waals surface area contributed by atoms with Crippen molar-refractivity contribution < 1.29 is 4.74 Å². The van der Waals surface area contributed by atoms with Crippen LogP contribution in [0, 0.1) is 5.92 Å². The lowest BCUT2D eigenvalue weighted by atomic mass is 10.1. The van der Waals surface area contributed by atoms with E-state index in [9.17, 15) is 0 Å². The Morgan fingerprint density at radius 3 is 2.90 bits per heavy atom. The van der Waals surface area contributed by atoms with E-state index in [1.165, 1.54) is 6.42 Å². The number of rotatable bonds is 3. The van der Waals surface area contributed by atoms with Gasteiger partial charge in [0.05, 0.1) is 12.7 Å². The van der Waals surface area contributed by atoms with Gasteiger partial charge in [0.15, 0.2) is 0 Å². The van der Waals surface area contributed by atoms with Crippen LogP contribution in [0.4, 0.5) is 0 Å². The molecule has 1 saturated heterocycles. The smallest absolute Gasteiger partial charge is 0.0551 e. The topological polar surface area (TPSA) is 21.3 Å². The molecule has 2 unspecified atom stereocenters. The molecule has 0 bridgehead atoms. The summed E-state index contributed by atoms with van der Waals surface area (Å²) in [5.74, 6) is 0.759. The van der Waals surface area contributed by atoms with Crippen LogP contribution in [0.2, 0.25) is 0 Å². The number of hydrogen-bond donors (Lipinski definition) is 1. The molecule has 0 spiro atoms. The van der Waals surface area contributed by atoms with Crippen LogP contribution in [0.15, 0.2) is 0 Å². The third kappa shape index (κ3) is 2.27. The van der Waals surface area contributed by atoms with Gasteiger partial charge in [0, 0.05) is 6.54 Å². The van der Waals surface area contributed by atoms with E-state index in [1.54, 1.807) is 0 Å². The maximum atomic E-state index is 5.42. The van der Waals surface area contributed by atoms with E-state index >= 15 is 0 Å². The summed E-state index contributed by atoms with van der Waals surface area (Å²) in [5.41, 5.74) is 0. The Morgan fingerprint density at radius 1 is 1.60 bits per heavy atom. The van der Waals surface area contributed by atoms with E-state index < -0.39 is 0 Å². The Bertz CT molecular complexity index is 95.3. The molecule has 10 heavy (non-hydrogen) atoms. The zero-order valence-electron chi connectivity index (χ0n) is 6.89. The molecule has 2 atom stereocenters. The lowest BCUT2D eigenvalue weighted by Gasteiger charge is -2.06. The van der Waals surface area contributed by atoms with Crippen LogP contribution in [0.5, 0.6) is 0 Å². The van der Waals surface area contributed by atoms with Crippen LogP contribution in [-0.2, 0) is 4.74 Å². The van der Waals surface area contributed by atoms with Crippen LogP contribution in [-0.4, -0.2) is 25.8 Å². The standard InChI is InChI=1S/C8H17NO/c1-3-9-5-8-4-7(2)10-6-8/h7-9H,3-6H2,1-2H3. The molecule has 0 aliphatic carbocycles. The quantitative estimate of drug-likeness (QED) is 0.637. The Morgan fingerprint density at radius 2 is 2.40 bits per heavy atom. The van der Waals surface area contributed by atoms with Gasteiger partial charge in [-0.2, -0.15) is 0 Å². The van der Waals surface area contributed by atoms with Gasteiger partial charge in [-0.3, -0.25) is 0 Å². The molecule has 0 saturated carbocycles. The number of nitrogens with one attached hydrogen (secondary N) is 1. The molecular formula is C8H17NO. The largest absolute Gasteiger partial charge is 0.378 e. The summed E-state index contributed by atoms with van der Waals surface area (Å²) >= 11 is 0. The van der Waals surface area contributed by atoms with Gasteiger partial charge in [-0.15, -0.1) is 0 Å². The van der Waals surface area contributed by atoms with E-state index in [-0.39, 0.29) is 0 Å². The van der Waals surface area contributed by atoms with Crippen LogP contribution < -0.4 is 5.32 Å². The minimum absolute atomic E-state index is 0.489. The van der Waals surface area contributed by atoms with Gasteiger partial charge >= 0.3 is 0 Å². The van der Waals surface area contributed by atoms with Crippen molar-refractivity contribution >= 4 is 0 Å². The second kappa shape index (κ2) is 3.94. The highest BCUT2D eigenvalue weighted by Gasteiger charge is 2.20. The van der Waals surface area contributed by atoms with Crippen molar-refractivity contribution in [3.05, 3.63) is 0 Å². The van der Waals surface area contributed by atoms with Crippen molar-refractivity contribution in [3.63, 3.8) is 0 Å². The van der Waals surface area contributed by atoms with E-state index in [2.05, 4.69) is 19.2 Å². The van der Waals surface area contributed by atoms with Crippen LogP contribution in [0.3, 0.4) is 0 Å². The molecule has 1 fully saturated rings. The van der Waals surface area contributed by atoms with E-state index in [1.807, 2.05) is 0 Å². The summed E-state index contributed by atoms with van der Waals surface area (Å²) < 4.78 is 5.42. The van der Waals surface area contributed by atoms with Crippen molar-refractivity contribution in [3.8, 4) is 0 Å². The van der Waals surface area contributed by atoms with Crippen molar-refractivity contribution in [1.29, 1.82) is 0 Å². The molecule has 0 radical (unpaired) electrons. The maximum absolute atomic E-state index is 5.42. The lowest BCUT2D eigenvalue weighted by Crippen LogP contribution is -2.22. The van der Waals surface area contributed by atoms with Gasteiger partial charge in [-0.25, -0.2) is 0 Å². The summed E-state index contributed by atoms with van der Waals surface area (Å²) in [5, 5.41) is 3.33. The first kappa shape index (κ1) is 8.02. The average Bonchev–Trinajstić information content (AvgIpc) is 2.31. The lowest BCUT2D eigenvalue weighted by molar-refractivity contribution is 0.120.